The highest BCUT2D eigenvalue weighted by Gasteiger charge is 2.91. The van der Waals surface area contributed by atoms with Gasteiger partial charge in [-0.1, -0.05) is 98.9 Å². The first-order valence-corrected chi connectivity index (χ1v) is 14.4. The van der Waals surface area contributed by atoms with Crippen molar-refractivity contribution in [2.45, 2.75) is 40.0 Å². The Morgan fingerprint density at radius 3 is 1.40 bits per heavy atom. The van der Waals surface area contributed by atoms with E-state index in [1.54, 1.807) is 0 Å². The lowest BCUT2D eigenvalue weighted by Crippen LogP contribution is -2.53. The molecular formula is C20H7Cl12NO2. The van der Waals surface area contributed by atoms with Crippen LogP contribution in [0.2, 0.25) is 0 Å². The standard InChI is InChI=1S/C20H7Cl12NO2/c21-11-13(23)17(27)9-7(15(11,25)19(17,29)30)5-2-1-4(33(34)35)3-6(5)8-10(9)18(28)14(24)12(22)16(8,26)20(18,31)32/h1-3,7-10H/t7-,8+,9+,10-,15+,16+,17+,18+/m1/s1. The van der Waals surface area contributed by atoms with Crippen LogP contribution in [0.15, 0.2) is 38.3 Å². The highest BCUT2D eigenvalue weighted by atomic mass is 35.5. The van der Waals surface area contributed by atoms with Gasteiger partial charge in [0.1, 0.15) is 19.5 Å². The van der Waals surface area contributed by atoms with Gasteiger partial charge in [-0.15, -0.1) is 46.4 Å². The number of non-ortho nitro benzene ring substituents is 1. The maximum absolute atomic E-state index is 11.7. The van der Waals surface area contributed by atoms with E-state index in [0.29, 0.717) is 11.1 Å². The number of rotatable bonds is 1. The molecule has 1 aromatic carbocycles. The molecule has 2 fully saturated rings. The number of benzene rings is 1. The Labute approximate surface area is 258 Å². The molecule has 5 aliphatic rings. The van der Waals surface area contributed by atoms with Crippen LogP contribution < -0.4 is 0 Å². The summed E-state index contributed by atoms with van der Waals surface area (Å²) in [5.41, 5.74) is 0.669. The normalized spacial score (nSPS) is 47.8. The summed E-state index contributed by atoms with van der Waals surface area (Å²) in [6, 6.07) is 4.20. The quantitative estimate of drug-likeness (QED) is 0.165. The van der Waals surface area contributed by atoms with E-state index >= 15 is 0 Å². The molecule has 0 radical (unpaired) electrons. The van der Waals surface area contributed by atoms with Crippen LogP contribution in [0.3, 0.4) is 0 Å². The fourth-order valence-corrected chi connectivity index (χ4v) is 13.1. The minimum absolute atomic E-state index is 0.0418. The first-order chi connectivity index (χ1) is 15.9. The van der Waals surface area contributed by atoms with Crippen molar-refractivity contribution in [2.75, 3.05) is 0 Å². The van der Waals surface area contributed by atoms with Gasteiger partial charge in [-0.3, -0.25) is 10.1 Å². The van der Waals surface area contributed by atoms with E-state index in [1.165, 1.54) is 18.2 Å². The van der Waals surface area contributed by atoms with Crippen molar-refractivity contribution in [3.8, 4) is 0 Å². The van der Waals surface area contributed by atoms with E-state index in [-0.39, 0.29) is 25.8 Å². The summed E-state index contributed by atoms with van der Waals surface area (Å²) in [6.45, 7) is 0. The third-order valence-electron chi connectivity index (χ3n) is 8.32. The Morgan fingerprint density at radius 1 is 0.629 bits per heavy atom. The molecule has 0 spiro atoms. The van der Waals surface area contributed by atoms with Crippen molar-refractivity contribution in [3.05, 3.63) is 59.6 Å². The van der Waals surface area contributed by atoms with Crippen molar-refractivity contribution in [2.24, 2.45) is 11.8 Å². The molecule has 6 rings (SSSR count). The average Bonchev–Trinajstić information content (AvgIpc) is 3.13. The van der Waals surface area contributed by atoms with Gasteiger partial charge in [0.25, 0.3) is 5.69 Å². The van der Waals surface area contributed by atoms with Gasteiger partial charge in [-0.05, 0) is 11.1 Å². The minimum atomic E-state index is -1.99. The van der Waals surface area contributed by atoms with Crippen LogP contribution in [-0.4, -0.2) is 33.1 Å². The molecule has 4 bridgehead atoms. The molecule has 0 saturated heterocycles. The number of nitrogens with zero attached hydrogens (tertiary/aromatic N) is 1. The maximum atomic E-state index is 11.7. The van der Waals surface area contributed by atoms with Gasteiger partial charge in [0.15, 0.2) is 8.67 Å². The number of nitro benzene ring substituents is 1. The number of alkyl halides is 8. The first kappa shape index (κ1) is 26.8. The summed E-state index contributed by atoms with van der Waals surface area (Å²) in [5.74, 6) is -3.52. The largest absolute Gasteiger partial charge is 0.269 e. The van der Waals surface area contributed by atoms with Crippen molar-refractivity contribution in [1.29, 1.82) is 0 Å². The van der Waals surface area contributed by atoms with Crippen LogP contribution in [0.5, 0.6) is 0 Å². The fraction of sp³-hybridized carbons (Fsp3) is 0.500. The van der Waals surface area contributed by atoms with Crippen LogP contribution in [0.4, 0.5) is 5.69 Å². The Bertz CT molecular complexity index is 1340. The minimum Gasteiger partial charge on any atom is -0.258 e. The Morgan fingerprint density at radius 2 is 1.00 bits per heavy atom. The maximum Gasteiger partial charge on any atom is 0.269 e. The molecule has 3 nitrogen and oxygen atoms in total. The number of nitro groups is 1. The van der Waals surface area contributed by atoms with Gasteiger partial charge in [0.05, 0.1) is 25.1 Å². The van der Waals surface area contributed by atoms with Gasteiger partial charge in [0, 0.05) is 35.8 Å². The average molecular weight is 719 g/mol. The lowest BCUT2D eigenvalue weighted by molar-refractivity contribution is -0.385. The number of hydrogen-bond donors (Lipinski definition) is 0. The van der Waals surface area contributed by atoms with Crippen LogP contribution in [0, 0.1) is 22.0 Å². The van der Waals surface area contributed by atoms with Gasteiger partial charge in [0.2, 0.25) is 0 Å². The van der Waals surface area contributed by atoms with Crippen LogP contribution in [0.1, 0.15) is 23.0 Å². The predicted octanol–water partition coefficient (Wildman–Crippen LogP) is 9.70. The summed E-state index contributed by atoms with van der Waals surface area (Å²) < 4.78 is -3.93. The molecular weight excluding hydrogens is 712 g/mol. The molecule has 8 atom stereocenters. The van der Waals surface area contributed by atoms with Crippen molar-refractivity contribution in [3.63, 3.8) is 0 Å². The van der Waals surface area contributed by atoms with Crippen molar-refractivity contribution >= 4 is 145 Å². The first-order valence-electron chi connectivity index (χ1n) is 9.83. The van der Waals surface area contributed by atoms with Crippen LogP contribution >= 0.6 is 139 Å². The molecule has 0 aliphatic heterocycles. The number of fused-ring (bicyclic) bond motifs is 14. The summed E-state index contributed by atoms with van der Waals surface area (Å²) in [4.78, 5) is 4.05. The highest BCUT2D eigenvalue weighted by Crippen LogP contribution is 2.88. The molecule has 0 aromatic heterocycles. The molecule has 5 aliphatic carbocycles. The van der Waals surface area contributed by atoms with E-state index < -0.39 is 56.8 Å². The fourth-order valence-electron chi connectivity index (χ4n) is 7.00. The van der Waals surface area contributed by atoms with E-state index in [0.717, 1.165) is 0 Å². The van der Waals surface area contributed by atoms with Gasteiger partial charge in [-0.25, -0.2) is 0 Å². The second-order valence-electron chi connectivity index (χ2n) is 9.33. The zero-order chi connectivity index (χ0) is 26.0. The highest BCUT2D eigenvalue weighted by molar-refractivity contribution is 6.67. The predicted molar refractivity (Wildman–Crippen MR) is 146 cm³/mol. The molecule has 0 heterocycles. The zero-order valence-corrected chi connectivity index (χ0v) is 25.4. The third kappa shape index (κ3) is 2.35. The second kappa shape index (κ2) is 7.25. The molecule has 188 valence electrons. The lowest BCUT2D eigenvalue weighted by Gasteiger charge is -2.52. The summed E-state index contributed by atoms with van der Waals surface area (Å²) in [6.07, 6.45) is 0. The van der Waals surface area contributed by atoms with Gasteiger partial charge >= 0.3 is 0 Å². The summed E-state index contributed by atoms with van der Waals surface area (Å²) in [5, 5.41) is 11.4. The van der Waals surface area contributed by atoms with Crippen LogP contribution in [-0.2, 0) is 0 Å². The van der Waals surface area contributed by atoms with E-state index in [4.69, 9.17) is 139 Å². The lowest BCUT2D eigenvalue weighted by atomic mass is 9.57. The Balaban J connectivity index is 1.79. The number of halogens is 12. The van der Waals surface area contributed by atoms with Crippen molar-refractivity contribution < 1.29 is 4.92 Å². The molecule has 0 unspecified atom stereocenters. The van der Waals surface area contributed by atoms with E-state index in [9.17, 15) is 10.1 Å². The molecule has 2 saturated carbocycles. The zero-order valence-electron chi connectivity index (χ0n) is 16.3. The number of allylic oxidation sites excluding steroid dienone is 4. The smallest absolute Gasteiger partial charge is 0.258 e. The SMILES string of the molecule is O=[N+]([O-])c1ccc2c(c1)[C@H]1[C@H]([C@@H]3[C@@H]2[C@]2(Cl)C(Cl)=C(Cl)[C@]3(Cl)C2(Cl)Cl)[C@]2(Cl)C(Cl)=C(Cl)[C@]1(Cl)C2(Cl)Cl. The van der Waals surface area contributed by atoms with E-state index in [2.05, 4.69) is 0 Å². The topological polar surface area (TPSA) is 43.1 Å². The molecule has 1 aromatic rings. The second-order valence-corrected chi connectivity index (χ2v) is 15.9. The van der Waals surface area contributed by atoms with E-state index in [1.807, 2.05) is 0 Å². The molecule has 35 heavy (non-hydrogen) atoms. The Hall–Kier alpha value is 1.58. The van der Waals surface area contributed by atoms with Gasteiger partial charge < -0.3 is 0 Å². The third-order valence-corrected chi connectivity index (χ3v) is 16.9. The molecule has 0 amide bonds. The van der Waals surface area contributed by atoms with Gasteiger partial charge in [-0.2, -0.15) is 0 Å². The number of hydrogen-bond acceptors (Lipinski definition) is 2. The Kier molecular flexibility index (Phi) is 5.55. The van der Waals surface area contributed by atoms with Crippen LogP contribution in [0.25, 0.3) is 0 Å². The monoisotopic (exact) mass is 713 g/mol. The summed E-state index contributed by atoms with van der Waals surface area (Å²) >= 11 is 82.9. The summed E-state index contributed by atoms with van der Waals surface area (Å²) in [7, 11) is 0. The molecule has 15 heteroatoms. The van der Waals surface area contributed by atoms with Crippen molar-refractivity contribution in [1.82, 2.24) is 0 Å². The molecule has 0 N–H and O–H groups in total.